The summed E-state index contributed by atoms with van der Waals surface area (Å²) in [6.07, 6.45) is 3.85. The van der Waals surface area contributed by atoms with Gasteiger partial charge in [0.15, 0.2) is 0 Å². The Hall–Kier alpha value is -1.69. The summed E-state index contributed by atoms with van der Waals surface area (Å²) in [6.45, 7) is 4.39. The van der Waals surface area contributed by atoms with Gasteiger partial charge in [0.25, 0.3) is 5.56 Å². The number of carboxylic acid groups (broad SMARTS) is 1. The van der Waals surface area contributed by atoms with Crippen LogP contribution in [0.3, 0.4) is 0 Å². The molecule has 0 aromatic carbocycles. The Morgan fingerprint density at radius 2 is 2.29 bits per heavy atom. The van der Waals surface area contributed by atoms with E-state index >= 15 is 0 Å². The van der Waals surface area contributed by atoms with Crippen molar-refractivity contribution in [2.24, 2.45) is 5.92 Å². The molecule has 1 aromatic heterocycles. The topological polar surface area (TPSA) is 86.3 Å². The zero-order valence-electron chi connectivity index (χ0n) is 12.5. The van der Waals surface area contributed by atoms with Gasteiger partial charge in [0.2, 0.25) is 0 Å². The van der Waals surface area contributed by atoms with Crippen LogP contribution >= 0.6 is 0 Å². The molecule has 1 saturated heterocycles. The quantitative estimate of drug-likeness (QED) is 0.857. The summed E-state index contributed by atoms with van der Waals surface area (Å²) in [5, 5.41) is 8.88. The number of rotatable bonds is 5. The lowest BCUT2D eigenvalue weighted by Gasteiger charge is -2.19. The zero-order chi connectivity index (χ0) is 15.2. The number of carboxylic acids is 1. The Bertz CT molecular complexity index is 541. The van der Waals surface area contributed by atoms with Gasteiger partial charge in [-0.1, -0.05) is 6.92 Å². The molecule has 21 heavy (non-hydrogen) atoms. The Morgan fingerprint density at radius 1 is 1.48 bits per heavy atom. The Balaban J connectivity index is 1.96. The first-order valence-corrected chi connectivity index (χ1v) is 7.60. The second-order valence-corrected chi connectivity index (χ2v) is 5.71. The summed E-state index contributed by atoms with van der Waals surface area (Å²) in [5.74, 6) is 0.257. The molecule has 1 aliphatic heterocycles. The first-order valence-electron chi connectivity index (χ1n) is 7.60. The molecule has 116 valence electrons. The molecule has 0 radical (unpaired) electrons. The number of H-pyrrole nitrogens is 1. The molecule has 1 unspecified atom stereocenters. The van der Waals surface area contributed by atoms with E-state index in [0.29, 0.717) is 12.4 Å². The van der Waals surface area contributed by atoms with E-state index in [0.717, 1.165) is 44.5 Å². The monoisotopic (exact) mass is 293 g/mol. The van der Waals surface area contributed by atoms with Gasteiger partial charge in [-0.05, 0) is 44.7 Å². The molecule has 0 saturated carbocycles. The van der Waals surface area contributed by atoms with Crippen LogP contribution in [0, 0.1) is 5.92 Å². The van der Waals surface area contributed by atoms with Crippen molar-refractivity contribution in [2.45, 2.75) is 45.6 Å². The lowest BCUT2D eigenvalue weighted by molar-refractivity contribution is -0.138. The van der Waals surface area contributed by atoms with E-state index in [2.05, 4.69) is 14.9 Å². The molecule has 2 heterocycles. The average Bonchev–Trinajstić information content (AvgIpc) is 2.63. The van der Waals surface area contributed by atoms with Crippen molar-refractivity contribution in [3.8, 4) is 0 Å². The molecule has 1 aliphatic rings. The Kier molecular flexibility index (Phi) is 5.50. The Morgan fingerprint density at radius 3 is 3.00 bits per heavy atom. The lowest BCUT2D eigenvalue weighted by atomic mass is 9.97. The van der Waals surface area contributed by atoms with Crippen molar-refractivity contribution in [1.29, 1.82) is 0 Å². The van der Waals surface area contributed by atoms with Gasteiger partial charge in [-0.15, -0.1) is 0 Å². The predicted octanol–water partition coefficient (Wildman–Crippen LogP) is 1.41. The molecule has 0 bridgehead atoms. The number of carbonyl (C=O) groups is 1. The molecule has 0 amide bonds. The highest BCUT2D eigenvalue weighted by atomic mass is 16.4. The van der Waals surface area contributed by atoms with Gasteiger partial charge in [-0.25, -0.2) is 4.98 Å². The third-order valence-corrected chi connectivity index (χ3v) is 3.98. The fourth-order valence-electron chi connectivity index (χ4n) is 2.87. The lowest BCUT2D eigenvalue weighted by Crippen LogP contribution is -2.27. The summed E-state index contributed by atoms with van der Waals surface area (Å²) in [7, 11) is 0. The molecule has 1 fully saturated rings. The van der Waals surface area contributed by atoms with E-state index in [-0.39, 0.29) is 17.9 Å². The van der Waals surface area contributed by atoms with Crippen LogP contribution in [0.5, 0.6) is 0 Å². The molecule has 1 aromatic rings. The molecule has 6 heteroatoms. The SMILES string of the molecule is CCc1cc(=O)[nH]c(CN2CCCC(CC(=O)O)CC2)n1. The highest BCUT2D eigenvalue weighted by Crippen LogP contribution is 2.21. The summed E-state index contributed by atoms with van der Waals surface area (Å²) in [5.41, 5.74) is 0.711. The largest absolute Gasteiger partial charge is 0.481 e. The standard InChI is InChI=1S/C15H23N3O3/c1-2-12-9-14(19)17-13(16-12)10-18-6-3-4-11(5-7-18)8-15(20)21/h9,11H,2-8,10H2,1H3,(H,20,21)(H,16,17,19). The van der Waals surface area contributed by atoms with E-state index in [4.69, 9.17) is 5.11 Å². The maximum Gasteiger partial charge on any atom is 0.303 e. The predicted molar refractivity (Wildman–Crippen MR) is 79.1 cm³/mol. The van der Waals surface area contributed by atoms with Crippen LogP contribution in [-0.4, -0.2) is 39.0 Å². The number of likely N-dealkylation sites (tertiary alicyclic amines) is 1. The van der Waals surface area contributed by atoms with Gasteiger partial charge in [0.05, 0.1) is 6.54 Å². The maximum absolute atomic E-state index is 11.6. The highest BCUT2D eigenvalue weighted by Gasteiger charge is 2.19. The number of aryl methyl sites for hydroxylation is 1. The van der Waals surface area contributed by atoms with Crippen molar-refractivity contribution in [3.05, 3.63) is 27.9 Å². The van der Waals surface area contributed by atoms with Gasteiger partial charge in [-0.2, -0.15) is 0 Å². The molecular formula is C15H23N3O3. The van der Waals surface area contributed by atoms with E-state index in [1.807, 2.05) is 6.92 Å². The molecular weight excluding hydrogens is 270 g/mol. The van der Waals surface area contributed by atoms with Crippen LogP contribution in [0.4, 0.5) is 0 Å². The van der Waals surface area contributed by atoms with Gasteiger partial charge in [0.1, 0.15) is 5.82 Å². The van der Waals surface area contributed by atoms with Crippen LogP contribution in [0.1, 0.15) is 44.1 Å². The van der Waals surface area contributed by atoms with Crippen LogP contribution in [0.2, 0.25) is 0 Å². The summed E-state index contributed by atoms with van der Waals surface area (Å²) < 4.78 is 0. The van der Waals surface area contributed by atoms with Crippen molar-refractivity contribution < 1.29 is 9.90 Å². The minimum absolute atomic E-state index is 0.101. The molecule has 2 rings (SSSR count). The first-order chi connectivity index (χ1) is 10.1. The molecule has 6 nitrogen and oxygen atoms in total. The van der Waals surface area contributed by atoms with Gasteiger partial charge >= 0.3 is 5.97 Å². The van der Waals surface area contributed by atoms with Gasteiger partial charge in [-0.3, -0.25) is 14.5 Å². The number of hydrogen-bond acceptors (Lipinski definition) is 4. The van der Waals surface area contributed by atoms with E-state index in [1.54, 1.807) is 0 Å². The molecule has 0 spiro atoms. The minimum Gasteiger partial charge on any atom is -0.481 e. The average molecular weight is 293 g/mol. The van der Waals surface area contributed by atoms with E-state index < -0.39 is 5.97 Å². The Labute approximate surface area is 124 Å². The van der Waals surface area contributed by atoms with Crippen molar-refractivity contribution in [1.82, 2.24) is 14.9 Å². The smallest absolute Gasteiger partial charge is 0.303 e. The molecule has 1 atom stereocenters. The molecule has 0 aliphatic carbocycles. The second-order valence-electron chi connectivity index (χ2n) is 5.71. The van der Waals surface area contributed by atoms with Gasteiger partial charge in [0, 0.05) is 18.2 Å². The second kappa shape index (κ2) is 7.36. The van der Waals surface area contributed by atoms with Gasteiger partial charge < -0.3 is 10.1 Å². The number of aliphatic carboxylic acids is 1. The maximum atomic E-state index is 11.6. The first kappa shape index (κ1) is 15.7. The number of aromatic nitrogens is 2. The van der Waals surface area contributed by atoms with Crippen LogP contribution in [-0.2, 0) is 17.8 Å². The van der Waals surface area contributed by atoms with Crippen LogP contribution < -0.4 is 5.56 Å². The van der Waals surface area contributed by atoms with Crippen molar-refractivity contribution in [2.75, 3.05) is 13.1 Å². The highest BCUT2D eigenvalue weighted by molar-refractivity contribution is 5.67. The summed E-state index contributed by atoms with van der Waals surface area (Å²) in [4.78, 5) is 31.9. The fraction of sp³-hybridized carbons (Fsp3) is 0.667. The van der Waals surface area contributed by atoms with Crippen LogP contribution in [0.15, 0.2) is 10.9 Å². The zero-order valence-corrected chi connectivity index (χ0v) is 12.5. The number of nitrogens with zero attached hydrogens (tertiary/aromatic N) is 2. The molecule has 2 N–H and O–H groups in total. The summed E-state index contributed by atoms with van der Waals surface area (Å²) in [6, 6.07) is 1.54. The van der Waals surface area contributed by atoms with Crippen LogP contribution in [0.25, 0.3) is 0 Å². The van der Waals surface area contributed by atoms with E-state index in [1.165, 1.54) is 6.07 Å². The fourth-order valence-corrected chi connectivity index (χ4v) is 2.87. The summed E-state index contributed by atoms with van der Waals surface area (Å²) >= 11 is 0. The normalized spacial score (nSPS) is 20.1. The minimum atomic E-state index is -0.713. The number of hydrogen-bond donors (Lipinski definition) is 2. The van der Waals surface area contributed by atoms with E-state index in [9.17, 15) is 9.59 Å². The number of aromatic amines is 1. The third kappa shape index (κ3) is 4.97. The van der Waals surface area contributed by atoms with Crippen molar-refractivity contribution in [3.63, 3.8) is 0 Å². The van der Waals surface area contributed by atoms with Crippen molar-refractivity contribution >= 4 is 5.97 Å². The number of nitrogens with one attached hydrogen (secondary N) is 1. The third-order valence-electron chi connectivity index (χ3n) is 3.98.